The quantitative estimate of drug-likeness (QED) is 0.880. The minimum Gasteiger partial charge on any atom is -0.301 e. The van der Waals surface area contributed by atoms with Crippen molar-refractivity contribution in [3.8, 4) is 0 Å². The number of hydrogen-bond donors (Lipinski definition) is 1. The number of anilines is 1. The zero-order chi connectivity index (χ0) is 13.5. The van der Waals surface area contributed by atoms with Gasteiger partial charge in [-0.1, -0.05) is 30.3 Å². The van der Waals surface area contributed by atoms with E-state index in [1.807, 2.05) is 30.3 Å². The Morgan fingerprint density at radius 3 is 2.53 bits per heavy atom. The summed E-state index contributed by atoms with van der Waals surface area (Å²) < 4.78 is -1.06. The number of carbonyl (C=O) groups excluding carboxylic acids is 1. The maximum Gasteiger partial charge on any atom is 0.239 e. The highest BCUT2D eigenvalue weighted by molar-refractivity contribution is 7.13. The second-order valence-corrected chi connectivity index (χ2v) is 6.82. The first-order chi connectivity index (χ1) is 9.06. The zero-order valence-corrected chi connectivity index (χ0v) is 12.1. The fraction of sp³-hybridized carbons (Fsp3) is 0.231. The van der Waals surface area contributed by atoms with Crippen LogP contribution in [0.1, 0.15) is 12.0 Å². The third-order valence-corrected chi connectivity index (χ3v) is 4.89. The van der Waals surface area contributed by atoms with Gasteiger partial charge in [-0.2, -0.15) is 0 Å². The number of halogens is 2. The molecule has 19 heavy (non-hydrogen) atoms. The van der Waals surface area contributed by atoms with Gasteiger partial charge < -0.3 is 5.32 Å². The lowest BCUT2D eigenvalue weighted by Crippen LogP contribution is -2.32. The first-order valence-corrected chi connectivity index (χ1v) is 7.34. The number of nitrogens with zero attached hydrogens (tertiary/aromatic N) is 1. The molecule has 1 aromatic heterocycles. The van der Waals surface area contributed by atoms with E-state index in [0.29, 0.717) is 11.6 Å². The summed E-state index contributed by atoms with van der Waals surface area (Å²) in [5.74, 6) is -0.210. The van der Waals surface area contributed by atoms with Crippen molar-refractivity contribution < 1.29 is 4.79 Å². The monoisotopic (exact) mass is 312 g/mol. The molecule has 98 valence electrons. The van der Waals surface area contributed by atoms with Crippen LogP contribution in [0.4, 0.5) is 5.13 Å². The molecule has 1 atom stereocenters. The molecule has 1 aliphatic carbocycles. The van der Waals surface area contributed by atoms with Gasteiger partial charge in [0.25, 0.3) is 0 Å². The standard InChI is InChI=1S/C13H10Cl2N2OS/c14-13(15)8-12(13,9-4-2-1-3-5-9)10(18)17-11-16-6-7-19-11/h1-7H,8H2,(H,16,17,18). The molecule has 0 saturated heterocycles. The van der Waals surface area contributed by atoms with Crippen LogP contribution in [0.3, 0.4) is 0 Å². The highest BCUT2D eigenvalue weighted by Crippen LogP contribution is 2.65. The first kappa shape index (κ1) is 12.9. The van der Waals surface area contributed by atoms with Crippen LogP contribution in [-0.4, -0.2) is 15.2 Å². The molecule has 1 unspecified atom stereocenters. The van der Waals surface area contributed by atoms with Gasteiger partial charge >= 0.3 is 0 Å². The number of aromatic nitrogens is 1. The summed E-state index contributed by atoms with van der Waals surface area (Å²) in [7, 11) is 0. The van der Waals surface area contributed by atoms with E-state index in [0.717, 1.165) is 5.56 Å². The average Bonchev–Trinajstić information content (AvgIpc) is 2.76. The van der Waals surface area contributed by atoms with Crippen molar-refractivity contribution in [1.29, 1.82) is 0 Å². The normalized spacial score (nSPS) is 23.9. The van der Waals surface area contributed by atoms with Gasteiger partial charge in [-0.05, 0) is 5.56 Å². The van der Waals surface area contributed by atoms with E-state index in [-0.39, 0.29) is 5.91 Å². The van der Waals surface area contributed by atoms with Crippen molar-refractivity contribution in [2.24, 2.45) is 0 Å². The third-order valence-electron chi connectivity index (χ3n) is 3.29. The molecule has 6 heteroatoms. The first-order valence-electron chi connectivity index (χ1n) is 5.70. The van der Waals surface area contributed by atoms with Crippen LogP contribution < -0.4 is 5.32 Å². The number of amides is 1. The van der Waals surface area contributed by atoms with E-state index >= 15 is 0 Å². The van der Waals surface area contributed by atoms with Crippen molar-refractivity contribution in [3.05, 3.63) is 47.5 Å². The molecule has 2 aromatic rings. The Morgan fingerprint density at radius 2 is 2.00 bits per heavy atom. The zero-order valence-electron chi connectivity index (χ0n) is 9.77. The van der Waals surface area contributed by atoms with E-state index in [4.69, 9.17) is 23.2 Å². The van der Waals surface area contributed by atoms with Gasteiger partial charge in [0, 0.05) is 18.0 Å². The van der Waals surface area contributed by atoms with Crippen LogP contribution in [0.5, 0.6) is 0 Å². The lowest BCUT2D eigenvalue weighted by molar-refractivity contribution is -0.118. The Kier molecular flexibility index (Phi) is 3.04. The van der Waals surface area contributed by atoms with E-state index in [1.54, 1.807) is 11.6 Å². The maximum absolute atomic E-state index is 12.5. The van der Waals surface area contributed by atoms with E-state index in [9.17, 15) is 4.79 Å². The molecule has 0 bridgehead atoms. The van der Waals surface area contributed by atoms with Crippen molar-refractivity contribution in [2.45, 2.75) is 16.2 Å². The Bertz CT molecular complexity index is 600. The summed E-state index contributed by atoms with van der Waals surface area (Å²) >= 11 is 13.8. The molecule has 1 heterocycles. The second kappa shape index (κ2) is 4.47. The SMILES string of the molecule is O=C(Nc1nccs1)C1(c2ccccc2)CC1(Cl)Cl. The number of nitrogens with one attached hydrogen (secondary N) is 1. The van der Waals surface area contributed by atoms with Gasteiger partial charge in [0.05, 0.1) is 0 Å². The predicted octanol–water partition coefficient (Wildman–Crippen LogP) is 3.60. The van der Waals surface area contributed by atoms with Crippen molar-refractivity contribution in [1.82, 2.24) is 4.98 Å². The van der Waals surface area contributed by atoms with Crippen LogP contribution in [0.2, 0.25) is 0 Å². The molecule has 1 aliphatic rings. The van der Waals surface area contributed by atoms with Crippen LogP contribution in [-0.2, 0) is 10.2 Å². The molecule has 0 aliphatic heterocycles. The Labute approximate surface area is 124 Å². The van der Waals surface area contributed by atoms with Gasteiger partial charge in [0.2, 0.25) is 5.91 Å². The minimum absolute atomic E-state index is 0.210. The summed E-state index contributed by atoms with van der Waals surface area (Å²) in [6.07, 6.45) is 2.04. The highest BCUT2D eigenvalue weighted by Gasteiger charge is 2.72. The van der Waals surface area contributed by atoms with E-state index in [2.05, 4.69) is 10.3 Å². The molecule has 0 spiro atoms. The lowest BCUT2D eigenvalue weighted by atomic mass is 9.95. The topological polar surface area (TPSA) is 42.0 Å². The van der Waals surface area contributed by atoms with Gasteiger partial charge in [-0.15, -0.1) is 34.5 Å². The van der Waals surface area contributed by atoms with Crippen molar-refractivity contribution >= 4 is 45.6 Å². The smallest absolute Gasteiger partial charge is 0.239 e. The van der Waals surface area contributed by atoms with Crippen LogP contribution in [0.25, 0.3) is 0 Å². The molecular weight excluding hydrogens is 303 g/mol. The molecule has 1 N–H and O–H groups in total. The largest absolute Gasteiger partial charge is 0.301 e. The van der Waals surface area contributed by atoms with Gasteiger partial charge in [-0.25, -0.2) is 4.98 Å². The summed E-state index contributed by atoms with van der Waals surface area (Å²) in [4.78, 5) is 16.5. The predicted molar refractivity (Wildman–Crippen MR) is 77.9 cm³/mol. The van der Waals surface area contributed by atoms with E-state index < -0.39 is 9.75 Å². The van der Waals surface area contributed by atoms with Gasteiger partial charge in [-0.3, -0.25) is 4.79 Å². The number of thiazole rings is 1. The van der Waals surface area contributed by atoms with E-state index in [1.165, 1.54) is 11.3 Å². The minimum atomic E-state index is -1.06. The number of carbonyl (C=O) groups is 1. The average molecular weight is 313 g/mol. The lowest BCUT2D eigenvalue weighted by Gasteiger charge is -2.17. The number of hydrogen-bond acceptors (Lipinski definition) is 3. The summed E-state index contributed by atoms with van der Waals surface area (Å²) in [5, 5.41) is 5.13. The Balaban J connectivity index is 1.93. The second-order valence-electron chi connectivity index (χ2n) is 4.44. The fourth-order valence-electron chi connectivity index (χ4n) is 2.19. The van der Waals surface area contributed by atoms with Crippen molar-refractivity contribution in [2.75, 3.05) is 5.32 Å². The van der Waals surface area contributed by atoms with Crippen LogP contribution >= 0.6 is 34.5 Å². The molecule has 1 fully saturated rings. The molecule has 3 nitrogen and oxygen atoms in total. The molecule has 1 amide bonds. The molecular formula is C13H10Cl2N2OS. The summed E-state index contributed by atoms with van der Waals surface area (Å²) in [5.41, 5.74) is -0.0580. The molecule has 3 rings (SSSR count). The van der Waals surface area contributed by atoms with Gasteiger partial charge in [0.15, 0.2) is 5.13 Å². The number of rotatable bonds is 3. The Morgan fingerprint density at radius 1 is 1.32 bits per heavy atom. The Hall–Kier alpha value is -1.10. The molecule has 0 radical (unpaired) electrons. The molecule has 1 saturated carbocycles. The van der Waals surface area contributed by atoms with Crippen LogP contribution in [0, 0.1) is 0 Å². The van der Waals surface area contributed by atoms with Crippen LogP contribution in [0.15, 0.2) is 41.9 Å². The maximum atomic E-state index is 12.5. The van der Waals surface area contributed by atoms with Crippen molar-refractivity contribution in [3.63, 3.8) is 0 Å². The fourth-order valence-corrected chi connectivity index (χ4v) is 3.51. The third kappa shape index (κ3) is 2.04. The summed E-state index contributed by atoms with van der Waals surface area (Å²) in [6.45, 7) is 0. The number of alkyl halides is 2. The van der Waals surface area contributed by atoms with Gasteiger partial charge in [0.1, 0.15) is 9.75 Å². The highest BCUT2D eigenvalue weighted by atomic mass is 35.5. The number of benzene rings is 1. The molecule has 1 aromatic carbocycles. The summed E-state index contributed by atoms with van der Waals surface area (Å²) in [6, 6.07) is 9.37.